The molecule has 0 saturated carbocycles. The van der Waals surface area contributed by atoms with Gasteiger partial charge in [0.15, 0.2) is 16.3 Å². The van der Waals surface area contributed by atoms with Crippen LogP contribution in [0.15, 0.2) is 41.4 Å². The van der Waals surface area contributed by atoms with Gasteiger partial charge >= 0.3 is 5.97 Å². The van der Waals surface area contributed by atoms with E-state index in [0.29, 0.717) is 21.9 Å². The number of ether oxygens (including phenoxy) is 3. The van der Waals surface area contributed by atoms with Crippen LogP contribution >= 0.6 is 11.3 Å². The highest BCUT2D eigenvalue weighted by molar-refractivity contribution is 7.16. The summed E-state index contributed by atoms with van der Waals surface area (Å²) < 4.78 is 17.9. The topological polar surface area (TPSA) is 79.1 Å². The molecule has 0 fully saturated rings. The van der Waals surface area contributed by atoms with Crippen LogP contribution in [0.5, 0.6) is 11.5 Å². The fraction of sp³-hybridized carbons (Fsp3) is 0.286. The lowest BCUT2D eigenvalue weighted by atomic mass is 10.2. The number of hydrogen-bond acceptors (Lipinski definition) is 6. The molecule has 0 unspecified atom stereocenters. The summed E-state index contributed by atoms with van der Waals surface area (Å²) in [6.45, 7) is 2.04. The zero-order chi connectivity index (χ0) is 21.0. The molecule has 152 valence electrons. The molecular weight excluding hydrogens is 392 g/mol. The van der Waals surface area contributed by atoms with Gasteiger partial charge in [-0.15, -0.1) is 0 Å². The van der Waals surface area contributed by atoms with Gasteiger partial charge in [-0.2, -0.15) is 4.99 Å². The Labute approximate surface area is 172 Å². The molecule has 0 aliphatic carbocycles. The second-order valence-electron chi connectivity index (χ2n) is 6.19. The minimum atomic E-state index is -0.438. The lowest BCUT2D eigenvalue weighted by Crippen LogP contribution is -2.22. The van der Waals surface area contributed by atoms with E-state index >= 15 is 0 Å². The van der Waals surface area contributed by atoms with Gasteiger partial charge in [-0.25, -0.2) is 0 Å². The molecule has 0 aliphatic rings. The van der Waals surface area contributed by atoms with Crippen LogP contribution in [-0.2, 0) is 22.5 Å². The quantitative estimate of drug-likeness (QED) is 0.579. The standard InChI is InChI=1S/C21H22N2O5S/c1-5-13-6-8-15-18(10-13)29-21(23(15)12-19(24)28-4)22-20(25)14-7-9-16(26-2)17(11-14)27-3/h6-11H,5,12H2,1-4H3. The van der Waals surface area contributed by atoms with Crippen LogP contribution in [-0.4, -0.2) is 37.8 Å². The first kappa shape index (κ1) is 20.6. The number of amides is 1. The molecule has 0 N–H and O–H groups in total. The summed E-state index contributed by atoms with van der Waals surface area (Å²) in [5.74, 6) is 0.120. The largest absolute Gasteiger partial charge is 0.493 e. The zero-order valence-corrected chi connectivity index (χ0v) is 17.5. The molecule has 0 bridgehead atoms. The second kappa shape index (κ2) is 8.91. The summed E-state index contributed by atoms with van der Waals surface area (Å²) in [6, 6.07) is 10.9. The number of carbonyl (C=O) groups is 2. The maximum atomic E-state index is 12.8. The molecule has 0 saturated heterocycles. The van der Waals surface area contributed by atoms with Crippen LogP contribution in [0.4, 0.5) is 0 Å². The van der Waals surface area contributed by atoms with Crippen molar-refractivity contribution in [1.29, 1.82) is 0 Å². The number of nitrogens with zero attached hydrogens (tertiary/aromatic N) is 2. The van der Waals surface area contributed by atoms with Gasteiger partial charge in [0.25, 0.3) is 5.91 Å². The number of fused-ring (bicyclic) bond motifs is 1. The van der Waals surface area contributed by atoms with Crippen molar-refractivity contribution in [3.63, 3.8) is 0 Å². The monoisotopic (exact) mass is 414 g/mol. The Morgan fingerprint density at radius 1 is 1.03 bits per heavy atom. The number of aryl methyl sites for hydroxylation is 1. The molecule has 3 rings (SSSR count). The summed E-state index contributed by atoms with van der Waals surface area (Å²) in [5.41, 5.74) is 2.36. The molecule has 1 heterocycles. The molecule has 1 amide bonds. The molecular formula is C21H22N2O5S. The van der Waals surface area contributed by atoms with Crippen LogP contribution < -0.4 is 14.3 Å². The molecule has 0 aliphatic heterocycles. The lowest BCUT2D eigenvalue weighted by molar-refractivity contribution is -0.141. The molecule has 1 aromatic heterocycles. The van der Waals surface area contributed by atoms with Crippen molar-refractivity contribution in [2.24, 2.45) is 4.99 Å². The fourth-order valence-corrected chi connectivity index (χ4v) is 3.98. The smallest absolute Gasteiger partial charge is 0.325 e. The summed E-state index contributed by atoms with van der Waals surface area (Å²) in [5, 5.41) is 0. The number of benzene rings is 2. The van der Waals surface area contributed by atoms with Gasteiger partial charge in [0.1, 0.15) is 6.54 Å². The Morgan fingerprint density at radius 2 is 1.79 bits per heavy atom. The van der Waals surface area contributed by atoms with E-state index in [1.807, 2.05) is 18.2 Å². The van der Waals surface area contributed by atoms with Crippen molar-refractivity contribution in [3.05, 3.63) is 52.3 Å². The molecule has 2 aromatic carbocycles. The summed E-state index contributed by atoms with van der Waals surface area (Å²) in [7, 11) is 4.37. The number of thiazole rings is 1. The van der Waals surface area contributed by atoms with E-state index in [1.165, 1.54) is 38.2 Å². The number of rotatable bonds is 6. The SMILES string of the molecule is CCc1ccc2c(c1)sc(=NC(=O)c1ccc(OC)c(OC)c1)n2CC(=O)OC. The van der Waals surface area contributed by atoms with Crippen LogP contribution in [0.2, 0.25) is 0 Å². The molecule has 8 heteroatoms. The Bertz CT molecular complexity index is 1130. The third-order valence-electron chi connectivity index (χ3n) is 4.50. The number of methoxy groups -OCH3 is 3. The number of esters is 1. The first-order valence-corrected chi connectivity index (χ1v) is 9.82. The maximum Gasteiger partial charge on any atom is 0.325 e. The molecule has 29 heavy (non-hydrogen) atoms. The van der Waals surface area contributed by atoms with Crippen LogP contribution in [0.3, 0.4) is 0 Å². The van der Waals surface area contributed by atoms with Gasteiger partial charge in [0, 0.05) is 5.56 Å². The molecule has 7 nitrogen and oxygen atoms in total. The maximum absolute atomic E-state index is 12.8. The number of carbonyl (C=O) groups excluding carboxylic acids is 2. The average molecular weight is 414 g/mol. The van der Waals surface area contributed by atoms with E-state index < -0.39 is 11.9 Å². The third kappa shape index (κ3) is 4.32. The minimum Gasteiger partial charge on any atom is -0.493 e. The van der Waals surface area contributed by atoms with E-state index in [4.69, 9.17) is 14.2 Å². The van der Waals surface area contributed by atoms with E-state index in [-0.39, 0.29) is 6.54 Å². The second-order valence-corrected chi connectivity index (χ2v) is 7.20. The van der Waals surface area contributed by atoms with Crippen molar-refractivity contribution in [3.8, 4) is 11.5 Å². The molecule has 0 atom stereocenters. The fourth-order valence-electron chi connectivity index (χ4n) is 2.89. The van der Waals surface area contributed by atoms with Crippen molar-refractivity contribution in [2.75, 3.05) is 21.3 Å². The Hall–Kier alpha value is -3.13. The highest BCUT2D eigenvalue weighted by Gasteiger charge is 2.14. The lowest BCUT2D eigenvalue weighted by Gasteiger charge is -2.08. The Balaban J connectivity index is 2.11. The molecule has 3 aromatic rings. The zero-order valence-electron chi connectivity index (χ0n) is 16.7. The van der Waals surface area contributed by atoms with Crippen molar-refractivity contribution in [2.45, 2.75) is 19.9 Å². The number of aromatic nitrogens is 1. The van der Waals surface area contributed by atoms with Crippen LogP contribution in [0.1, 0.15) is 22.8 Å². The Morgan fingerprint density at radius 3 is 2.45 bits per heavy atom. The highest BCUT2D eigenvalue weighted by atomic mass is 32.1. The molecule has 0 spiro atoms. The van der Waals surface area contributed by atoms with Crippen molar-refractivity contribution < 1.29 is 23.8 Å². The van der Waals surface area contributed by atoms with Crippen molar-refractivity contribution >= 4 is 33.4 Å². The van der Waals surface area contributed by atoms with E-state index in [0.717, 1.165) is 16.6 Å². The predicted molar refractivity (Wildman–Crippen MR) is 111 cm³/mol. The summed E-state index contributed by atoms with van der Waals surface area (Å²) in [6.07, 6.45) is 0.891. The van der Waals surface area contributed by atoms with E-state index in [1.54, 1.807) is 22.8 Å². The first-order chi connectivity index (χ1) is 14.0. The van der Waals surface area contributed by atoms with Gasteiger partial charge in [-0.1, -0.05) is 24.3 Å². The van der Waals surface area contributed by atoms with E-state index in [9.17, 15) is 9.59 Å². The Kier molecular flexibility index (Phi) is 6.33. The van der Waals surface area contributed by atoms with E-state index in [2.05, 4.69) is 11.9 Å². The molecule has 0 radical (unpaired) electrons. The highest BCUT2D eigenvalue weighted by Crippen LogP contribution is 2.28. The predicted octanol–water partition coefficient (Wildman–Crippen LogP) is 3.20. The van der Waals surface area contributed by atoms with Gasteiger partial charge in [-0.05, 0) is 42.3 Å². The van der Waals surface area contributed by atoms with Crippen LogP contribution in [0, 0.1) is 0 Å². The summed E-state index contributed by atoms with van der Waals surface area (Å²) >= 11 is 1.36. The van der Waals surface area contributed by atoms with Gasteiger partial charge < -0.3 is 18.8 Å². The average Bonchev–Trinajstić information content (AvgIpc) is 3.08. The van der Waals surface area contributed by atoms with Gasteiger partial charge in [-0.3, -0.25) is 9.59 Å². The normalized spacial score (nSPS) is 11.5. The van der Waals surface area contributed by atoms with Gasteiger partial charge in [0.05, 0.1) is 31.5 Å². The third-order valence-corrected chi connectivity index (χ3v) is 5.54. The summed E-state index contributed by atoms with van der Waals surface area (Å²) in [4.78, 5) is 29.4. The van der Waals surface area contributed by atoms with Crippen LogP contribution in [0.25, 0.3) is 10.2 Å². The first-order valence-electron chi connectivity index (χ1n) is 9.00. The minimum absolute atomic E-state index is 0.0278. The van der Waals surface area contributed by atoms with Crippen molar-refractivity contribution in [1.82, 2.24) is 4.57 Å². The van der Waals surface area contributed by atoms with Gasteiger partial charge in [0.2, 0.25) is 0 Å². The number of hydrogen-bond donors (Lipinski definition) is 0.